The molecule has 0 aliphatic rings. The summed E-state index contributed by atoms with van der Waals surface area (Å²) in [5.74, 6) is -1.28. The average molecular weight is 350 g/mol. The minimum Gasteiger partial charge on any atom is -0.507 e. The van der Waals surface area contributed by atoms with E-state index in [0.29, 0.717) is 21.3 Å². The zero-order valence-electron chi connectivity index (χ0n) is 10.8. The summed E-state index contributed by atoms with van der Waals surface area (Å²) in [5, 5.41) is 20.9. The number of phenolic OH excluding ortho intramolecular Hbond substituents is 1. The number of halogens is 1. The normalized spacial score (nSPS) is 10.1. The van der Waals surface area contributed by atoms with Crippen molar-refractivity contribution in [2.75, 3.05) is 5.32 Å². The Bertz CT molecular complexity index is 683. The second kappa shape index (κ2) is 6.41. The lowest BCUT2D eigenvalue weighted by molar-refractivity contribution is -0.136. The number of rotatable bonds is 4. The average Bonchev–Trinajstić information content (AvgIpc) is 2.43. The quantitative estimate of drug-likeness (QED) is 0.791. The Kier molecular flexibility index (Phi) is 4.59. The molecule has 0 heterocycles. The van der Waals surface area contributed by atoms with Gasteiger partial charge in [-0.1, -0.05) is 12.1 Å². The van der Waals surface area contributed by atoms with E-state index in [-0.39, 0.29) is 18.1 Å². The summed E-state index contributed by atoms with van der Waals surface area (Å²) in [6.07, 6.45) is -0.0607. The molecule has 2 rings (SSSR count). The molecule has 0 saturated heterocycles. The summed E-state index contributed by atoms with van der Waals surface area (Å²) >= 11 is 3.14. The molecule has 1 amide bonds. The fourth-order valence-electron chi connectivity index (χ4n) is 1.74. The predicted molar refractivity (Wildman–Crippen MR) is 81.5 cm³/mol. The smallest absolute Gasteiger partial charge is 0.307 e. The monoisotopic (exact) mass is 349 g/mol. The van der Waals surface area contributed by atoms with Crippen LogP contribution in [-0.2, 0) is 11.2 Å². The summed E-state index contributed by atoms with van der Waals surface area (Å²) in [7, 11) is 0. The van der Waals surface area contributed by atoms with Crippen LogP contribution in [0.5, 0.6) is 5.75 Å². The fraction of sp³-hybridized carbons (Fsp3) is 0.0667. The van der Waals surface area contributed by atoms with Crippen molar-refractivity contribution >= 4 is 33.5 Å². The first-order chi connectivity index (χ1) is 9.95. The van der Waals surface area contributed by atoms with Gasteiger partial charge in [-0.15, -0.1) is 0 Å². The second-order valence-electron chi connectivity index (χ2n) is 4.39. The number of carbonyl (C=O) groups is 2. The van der Waals surface area contributed by atoms with Gasteiger partial charge in [-0.25, -0.2) is 0 Å². The Labute approximate surface area is 129 Å². The Balaban J connectivity index is 2.08. The first kappa shape index (κ1) is 15.1. The number of amides is 1. The molecule has 0 atom stereocenters. The third-order valence-corrected chi connectivity index (χ3v) is 3.45. The van der Waals surface area contributed by atoms with Crippen molar-refractivity contribution in [3.63, 3.8) is 0 Å². The van der Waals surface area contributed by atoms with Crippen LogP contribution in [0.1, 0.15) is 15.9 Å². The number of carboxylic acid groups (broad SMARTS) is 1. The van der Waals surface area contributed by atoms with Crippen molar-refractivity contribution in [2.24, 2.45) is 0 Å². The third kappa shape index (κ3) is 4.06. The van der Waals surface area contributed by atoms with Crippen LogP contribution in [0, 0.1) is 0 Å². The molecule has 0 fully saturated rings. The highest BCUT2D eigenvalue weighted by Crippen LogP contribution is 2.24. The van der Waals surface area contributed by atoms with Crippen LogP contribution in [0.15, 0.2) is 46.9 Å². The van der Waals surface area contributed by atoms with Gasteiger partial charge >= 0.3 is 5.97 Å². The molecule has 0 aromatic heterocycles. The number of aromatic hydroxyl groups is 1. The first-order valence-corrected chi connectivity index (χ1v) is 6.85. The lowest BCUT2D eigenvalue weighted by Crippen LogP contribution is -2.11. The maximum absolute atomic E-state index is 12.0. The van der Waals surface area contributed by atoms with E-state index in [1.807, 2.05) is 0 Å². The lowest BCUT2D eigenvalue weighted by Gasteiger charge is -2.07. The van der Waals surface area contributed by atoms with Crippen molar-refractivity contribution in [1.82, 2.24) is 0 Å². The third-order valence-electron chi connectivity index (χ3n) is 2.78. The molecule has 0 saturated carbocycles. The van der Waals surface area contributed by atoms with Gasteiger partial charge in [0.2, 0.25) is 0 Å². The molecule has 0 aliphatic heterocycles. The lowest BCUT2D eigenvalue weighted by atomic mass is 10.1. The van der Waals surface area contributed by atoms with Crippen LogP contribution in [0.4, 0.5) is 5.69 Å². The first-order valence-electron chi connectivity index (χ1n) is 6.06. The largest absolute Gasteiger partial charge is 0.507 e. The Morgan fingerprint density at radius 1 is 1.10 bits per heavy atom. The van der Waals surface area contributed by atoms with Gasteiger partial charge < -0.3 is 15.5 Å². The number of benzene rings is 2. The number of nitrogens with one attached hydrogen (secondary N) is 1. The van der Waals surface area contributed by atoms with Gasteiger partial charge in [-0.2, -0.15) is 0 Å². The van der Waals surface area contributed by atoms with Gasteiger partial charge in [0.05, 0.1) is 10.9 Å². The minimum atomic E-state index is -0.905. The van der Waals surface area contributed by atoms with Gasteiger partial charge in [0.25, 0.3) is 5.91 Å². The van der Waals surface area contributed by atoms with E-state index in [0.717, 1.165) is 0 Å². The summed E-state index contributed by atoms with van der Waals surface area (Å²) in [5.41, 5.74) is 1.53. The van der Waals surface area contributed by atoms with Crippen LogP contribution < -0.4 is 5.32 Å². The number of carbonyl (C=O) groups excluding carboxylic acids is 1. The summed E-state index contributed by atoms with van der Waals surface area (Å²) < 4.78 is 0.511. The molecule has 21 heavy (non-hydrogen) atoms. The molecule has 2 aromatic carbocycles. The highest BCUT2D eigenvalue weighted by Gasteiger charge is 2.09. The maximum Gasteiger partial charge on any atom is 0.307 e. The Hall–Kier alpha value is -2.34. The number of aliphatic carboxylic acids is 1. The van der Waals surface area contributed by atoms with Crippen molar-refractivity contribution < 1.29 is 19.8 Å². The molecule has 6 heteroatoms. The van der Waals surface area contributed by atoms with Crippen molar-refractivity contribution in [1.29, 1.82) is 0 Å². The molecular formula is C15H12BrNO4. The van der Waals surface area contributed by atoms with Gasteiger partial charge in [0, 0.05) is 11.3 Å². The van der Waals surface area contributed by atoms with Gasteiger partial charge in [-0.3, -0.25) is 9.59 Å². The standard InChI is InChI=1S/C15H12BrNO4/c16-12-6-3-10(8-13(12)18)15(21)17-11-4-1-9(2-5-11)7-14(19)20/h1-6,8,18H,7H2,(H,17,21)(H,19,20). The molecule has 0 aliphatic carbocycles. The molecule has 0 radical (unpaired) electrons. The Morgan fingerprint density at radius 2 is 1.76 bits per heavy atom. The van der Waals surface area contributed by atoms with Crippen LogP contribution in [0.25, 0.3) is 0 Å². The molecular weight excluding hydrogens is 338 g/mol. The number of carboxylic acids is 1. The van der Waals surface area contributed by atoms with Crippen molar-refractivity contribution in [3.05, 3.63) is 58.1 Å². The molecule has 108 valence electrons. The molecule has 2 aromatic rings. The van der Waals surface area contributed by atoms with E-state index in [2.05, 4.69) is 21.2 Å². The number of hydrogen-bond donors (Lipinski definition) is 3. The molecule has 0 spiro atoms. The molecule has 3 N–H and O–H groups in total. The zero-order chi connectivity index (χ0) is 15.4. The SMILES string of the molecule is O=C(O)Cc1ccc(NC(=O)c2ccc(Br)c(O)c2)cc1. The van der Waals surface area contributed by atoms with Crippen LogP contribution in [-0.4, -0.2) is 22.1 Å². The van der Waals surface area contributed by atoms with Gasteiger partial charge in [0.15, 0.2) is 0 Å². The minimum absolute atomic E-state index is 0.0144. The molecule has 5 nitrogen and oxygen atoms in total. The van der Waals surface area contributed by atoms with E-state index >= 15 is 0 Å². The van der Waals surface area contributed by atoms with Crippen LogP contribution in [0.3, 0.4) is 0 Å². The summed E-state index contributed by atoms with van der Waals surface area (Å²) in [4.78, 5) is 22.6. The van der Waals surface area contributed by atoms with E-state index < -0.39 is 5.97 Å². The number of phenols is 1. The second-order valence-corrected chi connectivity index (χ2v) is 5.24. The maximum atomic E-state index is 12.0. The zero-order valence-corrected chi connectivity index (χ0v) is 12.4. The summed E-state index contributed by atoms with van der Waals surface area (Å²) in [6, 6.07) is 11.1. The van der Waals surface area contributed by atoms with E-state index in [1.54, 1.807) is 36.4 Å². The number of anilines is 1. The van der Waals surface area contributed by atoms with Crippen LogP contribution >= 0.6 is 15.9 Å². The van der Waals surface area contributed by atoms with E-state index in [1.165, 1.54) is 6.07 Å². The van der Waals surface area contributed by atoms with Crippen LogP contribution in [0.2, 0.25) is 0 Å². The van der Waals surface area contributed by atoms with E-state index in [9.17, 15) is 14.7 Å². The van der Waals surface area contributed by atoms with Crippen molar-refractivity contribution in [2.45, 2.75) is 6.42 Å². The van der Waals surface area contributed by atoms with Gasteiger partial charge in [0.1, 0.15) is 5.75 Å². The number of hydrogen-bond acceptors (Lipinski definition) is 3. The van der Waals surface area contributed by atoms with Gasteiger partial charge in [-0.05, 0) is 51.8 Å². The summed E-state index contributed by atoms with van der Waals surface area (Å²) in [6.45, 7) is 0. The highest BCUT2D eigenvalue weighted by atomic mass is 79.9. The molecule has 0 bridgehead atoms. The topological polar surface area (TPSA) is 86.6 Å². The fourth-order valence-corrected chi connectivity index (χ4v) is 1.98. The predicted octanol–water partition coefficient (Wildman–Crippen LogP) is 3.03. The molecule has 0 unspecified atom stereocenters. The highest BCUT2D eigenvalue weighted by molar-refractivity contribution is 9.10. The van der Waals surface area contributed by atoms with E-state index in [4.69, 9.17) is 5.11 Å². The van der Waals surface area contributed by atoms with Crippen molar-refractivity contribution in [3.8, 4) is 5.75 Å². The Morgan fingerprint density at radius 3 is 2.33 bits per heavy atom.